The van der Waals surface area contributed by atoms with Crippen molar-refractivity contribution in [3.63, 3.8) is 0 Å². The van der Waals surface area contributed by atoms with Crippen molar-refractivity contribution in [2.45, 2.75) is 31.7 Å². The monoisotopic (exact) mass is 291 g/mol. The van der Waals surface area contributed by atoms with Crippen molar-refractivity contribution in [1.82, 2.24) is 0 Å². The van der Waals surface area contributed by atoms with Gasteiger partial charge in [-0.05, 0) is 54.9 Å². The number of hydrogen-bond donors (Lipinski definition) is 1. The van der Waals surface area contributed by atoms with Crippen LogP contribution in [-0.2, 0) is 12.8 Å². The van der Waals surface area contributed by atoms with Gasteiger partial charge in [0.15, 0.2) is 0 Å². The van der Waals surface area contributed by atoms with Crippen LogP contribution >= 0.6 is 22.9 Å². The van der Waals surface area contributed by atoms with E-state index in [-0.39, 0.29) is 6.04 Å². The molecule has 0 saturated heterocycles. The van der Waals surface area contributed by atoms with Gasteiger partial charge in [0.2, 0.25) is 0 Å². The van der Waals surface area contributed by atoms with Crippen LogP contribution in [0.2, 0.25) is 4.34 Å². The lowest BCUT2D eigenvalue weighted by atomic mass is 9.88. The molecular formula is C16H18ClNS. The lowest BCUT2D eigenvalue weighted by molar-refractivity contribution is 0.404. The van der Waals surface area contributed by atoms with Crippen LogP contribution in [0.1, 0.15) is 34.9 Å². The van der Waals surface area contributed by atoms with Crippen LogP contribution < -0.4 is 5.73 Å². The third kappa shape index (κ3) is 2.86. The van der Waals surface area contributed by atoms with Gasteiger partial charge in [0.1, 0.15) is 0 Å². The predicted octanol–water partition coefficient (Wildman–Crippen LogP) is 4.60. The Morgan fingerprint density at radius 1 is 1.21 bits per heavy atom. The molecule has 1 aromatic heterocycles. The maximum Gasteiger partial charge on any atom is 0.0931 e. The summed E-state index contributed by atoms with van der Waals surface area (Å²) in [5, 5.41) is 0. The Labute approximate surface area is 123 Å². The summed E-state index contributed by atoms with van der Waals surface area (Å²) in [6.45, 7) is 0. The smallest absolute Gasteiger partial charge is 0.0931 e. The Kier molecular flexibility index (Phi) is 3.92. The van der Waals surface area contributed by atoms with E-state index >= 15 is 0 Å². The molecule has 19 heavy (non-hydrogen) atoms. The highest BCUT2D eigenvalue weighted by molar-refractivity contribution is 7.16. The lowest BCUT2D eigenvalue weighted by Crippen LogP contribution is -2.22. The predicted molar refractivity (Wildman–Crippen MR) is 82.8 cm³/mol. The SMILES string of the molecule is NC1c2ccccc2CCCC1Cc1ccc(Cl)s1. The summed E-state index contributed by atoms with van der Waals surface area (Å²) < 4.78 is 0.873. The number of rotatable bonds is 2. The van der Waals surface area contributed by atoms with E-state index in [9.17, 15) is 0 Å². The molecule has 3 rings (SSSR count). The molecule has 1 aliphatic carbocycles. The van der Waals surface area contributed by atoms with Crippen LogP contribution in [0.3, 0.4) is 0 Å². The van der Waals surface area contributed by atoms with Crippen molar-refractivity contribution in [3.8, 4) is 0 Å². The second kappa shape index (κ2) is 5.66. The zero-order valence-corrected chi connectivity index (χ0v) is 12.4. The molecule has 1 nitrogen and oxygen atoms in total. The Hall–Kier alpha value is -0.830. The second-order valence-corrected chi connectivity index (χ2v) is 7.09. The summed E-state index contributed by atoms with van der Waals surface area (Å²) in [7, 11) is 0. The Balaban J connectivity index is 1.83. The fourth-order valence-corrected chi connectivity index (χ4v) is 4.20. The van der Waals surface area contributed by atoms with Gasteiger partial charge in [0, 0.05) is 10.9 Å². The summed E-state index contributed by atoms with van der Waals surface area (Å²) in [5.74, 6) is 0.526. The zero-order chi connectivity index (χ0) is 13.2. The molecule has 0 aliphatic heterocycles. The number of halogens is 1. The highest BCUT2D eigenvalue weighted by Gasteiger charge is 2.25. The highest BCUT2D eigenvalue weighted by atomic mass is 35.5. The van der Waals surface area contributed by atoms with Gasteiger partial charge in [-0.25, -0.2) is 0 Å². The van der Waals surface area contributed by atoms with Crippen molar-refractivity contribution in [2.75, 3.05) is 0 Å². The first-order chi connectivity index (χ1) is 9.24. The fourth-order valence-electron chi connectivity index (χ4n) is 3.02. The largest absolute Gasteiger partial charge is 0.324 e. The summed E-state index contributed by atoms with van der Waals surface area (Å²) in [4.78, 5) is 1.35. The zero-order valence-electron chi connectivity index (χ0n) is 10.8. The number of hydrogen-bond acceptors (Lipinski definition) is 2. The molecule has 1 aliphatic rings. The average molecular weight is 292 g/mol. The minimum atomic E-state index is 0.152. The molecule has 100 valence electrons. The topological polar surface area (TPSA) is 26.0 Å². The van der Waals surface area contributed by atoms with Gasteiger partial charge in [0.05, 0.1) is 4.34 Å². The van der Waals surface area contributed by atoms with Crippen molar-refractivity contribution < 1.29 is 0 Å². The molecule has 0 spiro atoms. The van der Waals surface area contributed by atoms with Gasteiger partial charge in [0.25, 0.3) is 0 Å². The van der Waals surface area contributed by atoms with Gasteiger partial charge in [-0.3, -0.25) is 0 Å². The van der Waals surface area contributed by atoms with Crippen LogP contribution in [0, 0.1) is 5.92 Å². The molecule has 0 radical (unpaired) electrons. The molecule has 1 heterocycles. The molecule has 3 heteroatoms. The van der Waals surface area contributed by atoms with Gasteiger partial charge >= 0.3 is 0 Å². The van der Waals surface area contributed by atoms with E-state index in [1.54, 1.807) is 11.3 Å². The molecule has 0 fully saturated rings. The number of fused-ring (bicyclic) bond motifs is 1. The Morgan fingerprint density at radius 2 is 2.05 bits per heavy atom. The van der Waals surface area contributed by atoms with E-state index in [1.807, 2.05) is 6.07 Å². The standard InChI is InChI=1S/C16H18ClNS/c17-15-9-8-13(19-15)10-12-6-3-5-11-4-1-2-7-14(11)16(12)18/h1-2,4,7-9,12,16H,3,5-6,10,18H2. The molecule has 0 saturated carbocycles. The summed E-state index contributed by atoms with van der Waals surface area (Å²) in [5.41, 5.74) is 9.29. The van der Waals surface area contributed by atoms with Gasteiger partial charge in [-0.2, -0.15) is 0 Å². The van der Waals surface area contributed by atoms with Crippen LogP contribution in [0.4, 0.5) is 0 Å². The van der Waals surface area contributed by atoms with Gasteiger partial charge in [-0.1, -0.05) is 35.9 Å². The number of thiophene rings is 1. The van der Waals surface area contributed by atoms with E-state index in [0.717, 1.165) is 17.2 Å². The summed E-state index contributed by atoms with van der Waals surface area (Å²) >= 11 is 7.70. The quantitative estimate of drug-likeness (QED) is 0.804. The normalized spacial score (nSPS) is 22.8. The van der Waals surface area contributed by atoms with E-state index < -0.39 is 0 Å². The van der Waals surface area contributed by atoms with Gasteiger partial charge in [-0.15, -0.1) is 11.3 Å². The van der Waals surface area contributed by atoms with Crippen LogP contribution in [0.25, 0.3) is 0 Å². The highest BCUT2D eigenvalue weighted by Crippen LogP contribution is 2.35. The summed E-state index contributed by atoms with van der Waals surface area (Å²) in [6.07, 6.45) is 4.64. The Morgan fingerprint density at radius 3 is 2.84 bits per heavy atom. The third-order valence-electron chi connectivity index (χ3n) is 4.04. The molecule has 2 atom stereocenters. The molecule has 0 bridgehead atoms. The fraction of sp³-hybridized carbons (Fsp3) is 0.375. The minimum Gasteiger partial charge on any atom is -0.324 e. The van der Waals surface area contributed by atoms with E-state index in [1.165, 1.54) is 28.8 Å². The second-order valence-electron chi connectivity index (χ2n) is 5.29. The lowest BCUT2D eigenvalue weighted by Gasteiger charge is -2.22. The molecular weight excluding hydrogens is 274 g/mol. The average Bonchev–Trinajstić information content (AvgIpc) is 2.75. The van der Waals surface area contributed by atoms with Crippen LogP contribution in [-0.4, -0.2) is 0 Å². The number of aryl methyl sites for hydroxylation is 1. The van der Waals surface area contributed by atoms with E-state index in [0.29, 0.717) is 5.92 Å². The maximum absolute atomic E-state index is 6.52. The molecule has 2 aromatic rings. The molecule has 2 N–H and O–H groups in total. The van der Waals surface area contributed by atoms with E-state index in [4.69, 9.17) is 17.3 Å². The van der Waals surface area contributed by atoms with Crippen molar-refractivity contribution >= 4 is 22.9 Å². The van der Waals surface area contributed by atoms with Gasteiger partial charge < -0.3 is 5.73 Å². The first-order valence-corrected chi connectivity index (χ1v) is 8.01. The molecule has 2 unspecified atom stereocenters. The Bertz CT molecular complexity index is 563. The summed E-state index contributed by atoms with van der Waals surface area (Å²) in [6, 6.07) is 12.9. The van der Waals surface area contributed by atoms with Crippen molar-refractivity contribution in [1.29, 1.82) is 0 Å². The first kappa shape index (κ1) is 13.2. The number of benzene rings is 1. The maximum atomic E-state index is 6.52. The minimum absolute atomic E-state index is 0.152. The first-order valence-electron chi connectivity index (χ1n) is 6.81. The van der Waals surface area contributed by atoms with Crippen LogP contribution in [0.5, 0.6) is 0 Å². The van der Waals surface area contributed by atoms with E-state index in [2.05, 4.69) is 30.3 Å². The number of nitrogens with two attached hydrogens (primary N) is 1. The van der Waals surface area contributed by atoms with Crippen LogP contribution in [0.15, 0.2) is 36.4 Å². The van der Waals surface area contributed by atoms with Crippen molar-refractivity contribution in [3.05, 3.63) is 56.7 Å². The third-order valence-corrected chi connectivity index (χ3v) is 5.29. The molecule has 1 aromatic carbocycles. The molecule has 0 amide bonds. The van der Waals surface area contributed by atoms with Crippen molar-refractivity contribution in [2.24, 2.45) is 11.7 Å².